The van der Waals surface area contributed by atoms with Gasteiger partial charge in [-0.1, -0.05) is 77.6 Å². The Labute approximate surface area is 238 Å². The summed E-state index contributed by atoms with van der Waals surface area (Å²) in [6.07, 6.45) is 0.295. The van der Waals surface area contributed by atoms with Gasteiger partial charge in [0.15, 0.2) is 0 Å². The number of halogens is 3. The van der Waals surface area contributed by atoms with E-state index in [0.29, 0.717) is 17.0 Å². The highest BCUT2D eigenvalue weighted by molar-refractivity contribution is 7.92. The quantitative estimate of drug-likeness (QED) is 0.325. The van der Waals surface area contributed by atoms with Crippen molar-refractivity contribution in [1.29, 1.82) is 0 Å². The summed E-state index contributed by atoms with van der Waals surface area (Å²) < 4.78 is 28.6. The molecule has 3 rings (SSSR count). The highest BCUT2D eigenvalue weighted by atomic mass is 35.5. The number of rotatable bonds is 10. The lowest BCUT2D eigenvalue weighted by molar-refractivity contribution is -0.140. The number of anilines is 1. The first-order chi connectivity index (χ1) is 18.0. The standard InChI is InChI=1S/C27H28Cl3N3O4S/c1-4-25(27(35)31-3)32(16-19-7-5-6-8-24(19)30)26(34)17-33(22-14-20(28)13-21(29)15-22)38(36,37)23-11-9-18(2)10-12-23/h5-15,25H,4,16-17H2,1-3H3,(H,31,35). The fraction of sp³-hybridized carbons (Fsp3) is 0.259. The van der Waals surface area contributed by atoms with Crippen LogP contribution in [0.1, 0.15) is 24.5 Å². The van der Waals surface area contributed by atoms with Gasteiger partial charge in [-0.25, -0.2) is 8.42 Å². The molecule has 0 aliphatic rings. The molecule has 2 amide bonds. The van der Waals surface area contributed by atoms with E-state index in [-0.39, 0.29) is 33.1 Å². The summed E-state index contributed by atoms with van der Waals surface area (Å²) in [5.74, 6) is -0.987. The molecule has 0 fully saturated rings. The number of nitrogens with zero attached hydrogens (tertiary/aromatic N) is 2. The molecule has 0 aliphatic carbocycles. The van der Waals surface area contributed by atoms with Crippen molar-refractivity contribution < 1.29 is 18.0 Å². The van der Waals surface area contributed by atoms with Gasteiger partial charge < -0.3 is 10.2 Å². The zero-order valence-electron chi connectivity index (χ0n) is 21.1. The Balaban J connectivity index is 2.11. The van der Waals surface area contributed by atoms with Gasteiger partial charge in [-0.05, 0) is 55.3 Å². The number of likely N-dealkylation sites (N-methyl/N-ethyl adjacent to an activating group) is 1. The van der Waals surface area contributed by atoms with Crippen molar-refractivity contribution in [2.45, 2.75) is 37.8 Å². The van der Waals surface area contributed by atoms with Gasteiger partial charge in [-0.2, -0.15) is 0 Å². The van der Waals surface area contributed by atoms with Gasteiger partial charge >= 0.3 is 0 Å². The van der Waals surface area contributed by atoms with Gasteiger partial charge in [0.05, 0.1) is 10.6 Å². The van der Waals surface area contributed by atoms with Crippen molar-refractivity contribution in [3.05, 3.63) is 92.9 Å². The lowest BCUT2D eigenvalue weighted by Gasteiger charge is -2.33. The van der Waals surface area contributed by atoms with Gasteiger partial charge in [-0.15, -0.1) is 0 Å². The van der Waals surface area contributed by atoms with Crippen LogP contribution in [-0.2, 0) is 26.2 Å². The molecule has 1 N–H and O–H groups in total. The maximum absolute atomic E-state index is 13.9. The third-order valence-corrected chi connectivity index (χ3v) is 8.55. The summed E-state index contributed by atoms with van der Waals surface area (Å²) in [7, 11) is -2.75. The Morgan fingerprint density at radius 3 is 2.11 bits per heavy atom. The van der Waals surface area contributed by atoms with Crippen LogP contribution in [0, 0.1) is 6.92 Å². The summed E-state index contributed by atoms with van der Waals surface area (Å²) in [5.41, 5.74) is 1.60. The maximum Gasteiger partial charge on any atom is 0.264 e. The molecule has 11 heteroatoms. The van der Waals surface area contributed by atoms with Crippen molar-refractivity contribution in [3.8, 4) is 0 Å². The lowest BCUT2D eigenvalue weighted by Crippen LogP contribution is -2.51. The fourth-order valence-corrected chi connectivity index (χ4v) is 6.05. The second kappa shape index (κ2) is 12.8. The van der Waals surface area contributed by atoms with E-state index < -0.39 is 28.5 Å². The van der Waals surface area contributed by atoms with Crippen LogP contribution in [0.4, 0.5) is 5.69 Å². The van der Waals surface area contributed by atoms with Crippen molar-refractivity contribution in [2.24, 2.45) is 0 Å². The Morgan fingerprint density at radius 2 is 1.55 bits per heavy atom. The monoisotopic (exact) mass is 595 g/mol. The van der Waals surface area contributed by atoms with E-state index in [4.69, 9.17) is 34.8 Å². The first-order valence-electron chi connectivity index (χ1n) is 11.8. The van der Waals surface area contributed by atoms with E-state index in [1.54, 1.807) is 43.3 Å². The number of amides is 2. The summed E-state index contributed by atoms with van der Waals surface area (Å²) in [6.45, 7) is 3.00. The Kier molecular flexibility index (Phi) is 10.1. The lowest BCUT2D eigenvalue weighted by atomic mass is 10.1. The second-order valence-electron chi connectivity index (χ2n) is 8.60. The predicted octanol–water partition coefficient (Wildman–Crippen LogP) is 5.70. The molecule has 0 saturated carbocycles. The zero-order valence-corrected chi connectivity index (χ0v) is 24.2. The molecule has 7 nitrogen and oxygen atoms in total. The van der Waals surface area contributed by atoms with Crippen LogP contribution < -0.4 is 9.62 Å². The van der Waals surface area contributed by atoms with Crippen molar-refractivity contribution in [3.63, 3.8) is 0 Å². The second-order valence-corrected chi connectivity index (χ2v) is 11.7. The molecule has 3 aromatic carbocycles. The maximum atomic E-state index is 13.9. The highest BCUT2D eigenvalue weighted by Gasteiger charge is 2.33. The number of benzene rings is 3. The normalized spacial score (nSPS) is 12.1. The summed E-state index contributed by atoms with van der Waals surface area (Å²) >= 11 is 18.8. The SMILES string of the molecule is CCC(C(=O)NC)N(Cc1ccccc1Cl)C(=O)CN(c1cc(Cl)cc(Cl)c1)S(=O)(=O)c1ccc(C)cc1. The molecule has 0 spiro atoms. The van der Waals surface area contributed by atoms with Crippen LogP contribution in [0.25, 0.3) is 0 Å². The van der Waals surface area contributed by atoms with Crippen molar-refractivity contribution >= 4 is 62.3 Å². The summed E-state index contributed by atoms with van der Waals surface area (Å²) in [4.78, 5) is 28.0. The number of carbonyl (C=O) groups is 2. The molecular formula is C27H28Cl3N3O4S. The number of hydrogen-bond donors (Lipinski definition) is 1. The highest BCUT2D eigenvalue weighted by Crippen LogP contribution is 2.30. The van der Waals surface area contributed by atoms with Crippen molar-refractivity contribution in [2.75, 3.05) is 17.9 Å². The molecular weight excluding hydrogens is 569 g/mol. The van der Waals surface area contributed by atoms with Gasteiger partial charge in [0.25, 0.3) is 10.0 Å². The smallest absolute Gasteiger partial charge is 0.264 e. The molecule has 0 aromatic heterocycles. The van der Waals surface area contributed by atoms with E-state index in [1.807, 2.05) is 6.92 Å². The van der Waals surface area contributed by atoms with E-state index >= 15 is 0 Å². The third kappa shape index (κ3) is 6.99. The molecule has 1 unspecified atom stereocenters. The minimum absolute atomic E-state index is 0.000839. The van der Waals surface area contributed by atoms with Crippen LogP contribution in [0.3, 0.4) is 0 Å². The van der Waals surface area contributed by atoms with Crippen LogP contribution in [0.15, 0.2) is 71.6 Å². The molecule has 0 heterocycles. The van der Waals surface area contributed by atoms with Crippen LogP contribution >= 0.6 is 34.8 Å². The number of nitrogens with one attached hydrogen (secondary N) is 1. The number of hydrogen-bond acceptors (Lipinski definition) is 4. The minimum Gasteiger partial charge on any atom is -0.357 e. The first-order valence-corrected chi connectivity index (χ1v) is 14.3. The molecule has 38 heavy (non-hydrogen) atoms. The van der Waals surface area contributed by atoms with Crippen LogP contribution in [0.5, 0.6) is 0 Å². The Bertz CT molecular complexity index is 1400. The van der Waals surface area contributed by atoms with E-state index in [1.165, 1.54) is 42.3 Å². The van der Waals surface area contributed by atoms with Gasteiger partial charge in [0.1, 0.15) is 12.6 Å². The predicted molar refractivity (Wildman–Crippen MR) is 152 cm³/mol. The molecule has 0 aliphatic heterocycles. The van der Waals surface area contributed by atoms with Gasteiger partial charge in [0.2, 0.25) is 11.8 Å². The van der Waals surface area contributed by atoms with Crippen LogP contribution in [0.2, 0.25) is 15.1 Å². The average Bonchev–Trinajstić information content (AvgIpc) is 2.87. The van der Waals surface area contributed by atoms with Gasteiger partial charge in [-0.3, -0.25) is 13.9 Å². The zero-order chi connectivity index (χ0) is 28.0. The number of sulfonamides is 1. The molecule has 1 atom stereocenters. The molecule has 3 aromatic rings. The topological polar surface area (TPSA) is 86.8 Å². The largest absolute Gasteiger partial charge is 0.357 e. The van der Waals surface area contributed by atoms with E-state index in [9.17, 15) is 18.0 Å². The van der Waals surface area contributed by atoms with E-state index in [2.05, 4.69) is 5.32 Å². The summed E-state index contributed by atoms with van der Waals surface area (Å²) in [5, 5.41) is 3.40. The van der Waals surface area contributed by atoms with Crippen molar-refractivity contribution in [1.82, 2.24) is 10.2 Å². The molecule has 0 radical (unpaired) electrons. The Morgan fingerprint density at radius 1 is 0.947 bits per heavy atom. The average molecular weight is 597 g/mol. The summed E-state index contributed by atoms with van der Waals surface area (Å²) in [6, 6.07) is 16.7. The number of carbonyl (C=O) groups excluding carboxylic acids is 2. The van der Waals surface area contributed by atoms with E-state index in [0.717, 1.165) is 9.87 Å². The Hall–Kier alpha value is -2.78. The first kappa shape index (κ1) is 29.8. The van der Waals surface area contributed by atoms with Crippen LogP contribution in [-0.4, -0.2) is 44.8 Å². The molecule has 0 bridgehead atoms. The fourth-order valence-electron chi connectivity index (χ4n) is 3.95. The molecule has 202 valence electrons. The molecule has 0 saturated heterocycles. The number of aryl methyl sites for hydroxylation is 1. The minimum atomic E-state index is -4.23. The van der Waals surface area contributed by atoms with Gasteiger partial charge in [0, 0.05) is 28.7 Å². The third-order valence-electron chi connectivity index (χ3n) is 5.95.